The van der Waals surface area contributed by atoms with Crippen molar-refractivity contribution in [2.75, 3.05) is 18.4 Å². The minimum atomic E-state index is -1.01. The molecule has 1 aromatic heterocycles. The van der Waals surface area contributed by atoms with E-state index in [0.717, 1.165) is 6.42 Å². The van der Waals surface area contributed by atoms with Gasteiger partial charge in [0, 0.05) is 18.7 Å². The third kappa shape index (κ3) is 3.87. The molecular weight excluding hydrogens is 328 g/mol. The normalized spacial score (nSPS) is 15.4. The zero-order valence-corrected chi connectivity index (χ0v) is 13.6. The van der Waals surface area contributed by atoms with Gasteiger partial charge in [0.15, 0.2) is 6.10 Å². The van der Waals surface area contributed by atoms with Crippen LogP contribution in [0.5, 0.6) is 0 Å². The molecule has 25 heavy (non-hydrogen) atoms. The third-order valence-electron chi connectivity index (χ3n) is 3.95. The number of amides is 2. The average molecular weight is 346 g/mol. The molecule has 1 fully saturated rings. The standard InChI is InChI=1S/C16H18N4O5/c1-9(25-14(22)8-20-6-2-3-13(20)21)15(23)17-10-4-5-11-12(7-10)19-16(24)18-11/h4-5,7,9H,2-3,6,8H2,1H3,(H,17,23)(H2,18,19,24)/t9-/m0/s1. The fraction of sp³-hybridized carbons (Fsp3) is 0.375. The fourth-order valence-corrected chi connectivity index (χ4v) is 2.67. The first-order chi connectivity index (χ1) is 11.9. The van der Waals surface area contributed by atoms with Crippen LogP contribution in [0.1, 0.15) is 19.8 Å². The number of benzene rings is 1. The molecule has 0 spiro atoms. The van der Waals surface area contributed by atoms with Gasteiger partial charge in [-0.05, 0) is 31.5 Å². The van der Waals surface area contributed by atoms with Crippen molar-refractivity contribution in [3.05, 3.63) is 28.7 Å². The Morgan fingerprint density at radius 1 is 1.28 bits per heavy atom. The molecule has 0 bridgehead atoms. The number of aromatic nitrogens is 2. The molecule has 9 nitrogen and oxygen atoms in total. The van der Waals surface area contributed by atoms with Gasteiger partial charge in [-0.25, -0.2) is 4.79 Å². The molecule has 1 aliphatic heterocycles. The van der Waals surface area contributed by atoms with Crippen LogP contribution in [0, 0.1) is 0 Å². The van der Waals surface area contributed by atoms with Crippen LogP contribution < -0.4 is 11.0 Å². The Kier molecular flexibility index (Phi) is 4.55. The zero-order chi connectivity index (χ0) is 18.0. The summed E-state index contributed by atoms with van der Waals surface area (Å²) in [7, 11) is 0. The molecule has 0 radical (unpaired) electrons. The molecule has 0 aliphatic carbocycles. The number of nitrogens with zero attached hydrogens (tertiary/aromatic N) is 1. The van der Waals surface area contributed by atoms with E-state index in [1.54, 1.807) is 18.2 Å². The van der Waals surface area contributed by atoms with Gasteiger partial charge in [-0.3, -0.25) is 14.4 Å². The van der Waals surface area contributed by atoms with Crippen molar-refractivity contribution < 1.29 is 19.1 Å². The van der Waals surface area contributed by atoms with Crippen LogP contribution in [-0.2, 0) is 19.1 Å². The van der Waals surface area contributed by atoms with Crippen LogP contribution in [-0.4, -0.2) is 51.8 Å². The lowest BCUT2D eigenvalue weighted by Gasteiger charge is -2.17. The van der Waals surface area contributed by atoms with Crippen molar-refractivity contribution >= 4 is 34.5 Å². The number of carbonyl (C=O) groups is 3. The van der Waals surface area contributed by atoms with Crippen LogP contribution in [0.4, 0.5) is 5.69 Å². The Labute approximate surface area is 142 Å². The number of rotatable bonds is 5. The van der Waals surface area contributed by atoms with E-state index in [-0.39, 0.29) is 18.1 Å². The highest BCUT2D eigenvalue weighted by Gasteiger charge is 2.25. The summed E-state index contributed by atoms with van der Waals surface area (Å²) < 4.78 is 5.08. The van der Waals surface area contributed by atoms with Gasteiger partial charge in [-0.15, -0.1) is 0 Å². The first-order valence-electron chi connectivity index (χ1n) is 7.92. The lowest BCUT2D eigenvalue weighted by molar-refractivity contribution is -0.155. The maximum Gasteiger partial charge on any atom is 0.326 e. The molecule has 9 heteroatoms. The van der Waals surface area contributed by atoms with Crippen LogP contribution in [0.25, 0.3) is 11.0 Å². The number of ether oxygens (including phenoxy) is 1. The molecule has 3 rings (SSSR count). The number of nitrogens with one attached hydrogen (secondary N) is 3. The molecule has 132 valence electrons. The second-order valence-electron chi connectivity index (χ2n) is 5.88. The zero-order valence-electron chi connectivity index (χ0n) is 13.6. The molecule has 1 atom stereocenters. The molecule has 2 heterocycles. The van der Waals surface area contributed by atoms with Gasteiger partial charge in [0.1, 0.15) is 6.54 Å². The minimum Gasteiger partial charge on any atom is -0.451 e. The van der Waals surface area contributed by atoms with Crippen LogP contribution in [0.2, 0.25) is 0 Å². The summed E-state index contributed by atoms with van der Waals surface area (Å²) in [6.45, 7) is 1.84. The van der Waals surface area contributed by atoms with Crippen molar-refractivity contribution in [2.24, 2.45) is 0 Å². The van der Waals surface area contributed by atoms with Gasteiger partial charge in [0.2, 0.25) is 5.91 Å². The van der Waals surface area contributed by atoms with E-state index in [1.807, 2.05) is 0 Å². The first kappa shape index (κ1) is 16.7. The number of aromatic amines is 2. The van der Waals surface area contributed by atoms with Crippen molar-refractivity contribution in [1.29, 1.82) is 0 Å². The maximum atomic E-state index is 12.1. The second kappa shape index (κ2) is 6.80. The lowest BCUT2D eigenvalue weighted by atomic mass is 10.2. The molecule has 2 amide bonds. The predicted octanol–water partition coefficient (Wildman–Crippen LogP) is 0.349. The molecule has 0 unspecified atom stereocenters. The second-order valence-corrected chi connectivity index (χ2v) is 5.88. The van der Waals surface area contributed by atoms with Gasteiger partial charge in [-0.2, -0.15) is 0 Å². The smallest absolute Gasteiger partial charge is 0.326 e. The largest absolute Gasteiger partial charge is 0.451 e. The number of esters is 1. The van der Waals surface area contributed by atoms with Crippen LogP contribution >= 0.6 is 0 Å². The Hall–Kier alpha value is -3.10. The van der Waals surface area contributed by atoms with E-state index in [0.29, 0.717) is 29.7 Å². The Morgan fingerprint density at radius 3 is 2.76 bits per heavy atom. The van der Waals surface area contributed by atoms with Gasteiger partial charge in [-0.1, -0.05) is 0 Å². The van der Waals surface area contributed by atoms with Crippen LogP contribution in [0.15, 0.2) is 23.0 Å². The molecule has 0 saturated carbocycles. The SMILES string of the molecule is C[C@H](OC(=O)CN1CCCC1=O)C(=O)Nc1ccc2[nH]c(=O)[nH]c2c1. The number of fused-ring (bicyclic) bond motifs is 1. The highest BCUT2D eigenvalue weighted by atomic mass is 16.5. The summed E-state index contributed by atoms with van der Waals surface area (Å²) in [5.41, 5.74) is 1.31. The third-order valence-corrected chi connectivity index (χ3v) is 3.95. The molecule has 1 aliphatic rings. The van der Waals surface area contributed by atoms with Crippen molar-refractivity contribution in [3.8, 4) is 0 Å². The number of imidazole rings is 1. The Morgan fingerprint density at radius 2 is 2.04 bits per heavy atom. The van der Waals surface area contributed by atoms with E-state index >= 15 is 0 Å². The Balaban J connectivity index is 1.56. The average Bonchev–Trinajstić information content (AvgIpc) is 3.11. The van der Waals surface area contributed by atoms with E-state index in [1.165, 1.54) is 11.8 Å². The molecule has 1 aromatic carbocycles. The predicted molar refractivity (Wildman–Crippen MR) is 88.9 cm³/mol. The maximum absolute atomic E-state index is 12.1. The molecular formula is C16H18N4O5. The summed E-state index contributed by atoms with van der Waals surface area (Å²) in [5, 5.41) is 2.62. The Bertz CT molecular complexity index is 884. The van der Waals surface area contributed by atoms with Gasteiger partial charge < -0.3 is 24.9 Å². The molecule has 3 N–H and O–H groups in total. The molecule has 1 saturated heterocycles. The molecule has 2 aromatic rings. The topological polar surface area (TPSA) is 124 Å². The quantitative estimate of drug-likeness (QED) is 0.674. The monoisotopic (exact) mass is 346 g/mol. The highest BCUT2D eigenvalue weighted by Crippen LogP contribution is 2.15. The van der Waals surface area contributed by atoms with Gasteiger partial charge in [0.25, 0.3) is 5.91 Å². The van der Waals surface area contributed by atoms with E-state index in [2.05, 4.69) is 15.3 Å². The van der Waals surface area contributed by atoms with Crippen molar-refractivity contribution in [3.63, 3.8) is 0 Å². The number of anilines is 1. The minimum absolute atomic E-state index is 0.0807. The van der Waals surface area contributed by atoms with E-state index in [4.69, 9.17) is 4.74 Å². The first-order valence-corrected chi connectivity index (χ1v) is 7.92. The lowest BCUT2D eigenvalue weighted by Crippen LogP contribution is -2.36. The van der Waals surface area contributed by atoms with Crippen molar-refractivity contribution in [1.82, 2.24) is 14.9 Å². The fourth-order valence-electron chi connectivity index (χ4n) is 2.67. The summed E-state index contributed by atoms with van der Waals surface area (Å²) in [6.07, 6.45) is 0.157. The summed E-state index contributed by atoms with van der Waals surface area (Å²) in [4.78, 5) is 53.3. The van der Waals surface area contributed by atoms with Gasteiger partial charge in [0.05, 0.1) is 11.0 Å². The van der Waals surface area contributed by atoms with Gasteiger partial charge >= 0.3 is 11.7 Å². The van der Waals surface area contributed by atoms with E-state index in [9.17, 15) is 19.2 Å². The number of carbonyl (C=O) groups excluding carboxylic acids is 3. The summed E-state index contributed by atoms with van der Waals surface area (Å²) in [6, 6.07) is 4.88. The number of hydrogen-bond acceptors (Lipinski definition) is 5. The van der Waals surface area contributed by atoms with Crippen LogP contribution in [0.3, 0.4) is 0 Å². The summed E-state index contributed by atoms with van der Waals surface area (Å²) >= 11 is 0. The number of hydrogen-bond donors (Lipinski definition) is 3. The summed E-state index contributed by atoms with van der Waals surface area (Å²) in [5.74, 6) is -1.20. The highest BCUT2D eigenvalue weighted by molar-refractivity contribution is 5.96. The van der Waals surface area contributed by atoms with E-state index < -0.39 is 18.0 Å². The number of H-pyrrole nitrogens is 2. The van der Waals surface area contributed by atoms with Crippen molar-refractivity contribution in [2.45, 2.75) is 25.9 Å². The number of likely N-dealkylation sites (tertiary alicyclic amines) is 1.